The lowest BCUT2D eigenvalue weighted by atomic mass is 9.55. The molecule has 2 aliphatic rings. The van der Waals surface area contributed by atoms with Gasteiger partial charge >= 0.3 is 5.97 Å². The minimum atomic E-state index is -3.74. The minimum absolute atomic E-state index is 0.0137. The highest BCUT2D eigenvalue weighted by molar-refractivity contribution is 7.86. The molecule has 0 bridgehead atoms. The third-order valence-corrected chi connectivity index (χ3v) is 12.9. The van der Waals surface area contributed by atoms with E-state index in [2.05, 4.69) is 47.4 Å². The maximum atomic E-state index is 12.9. The Morgan fingerprint density at radius 2 is 1.97 bits per heavy atom. The van der Waals surface area contributed by atoms with Crippen LogP contribution in [0.25, 0.3) is 0 Å². The molecule has 1 saturated carbocycles. The summed E-state index contributed by atoms with van der Waals surface area (Å²) in [5.74, 6) is -0.665. The van der Waals surface area contributed by atoms with Gasteiger partial charge in [-0.3, -0.25) is 14.0 Å². The van der Waals surface area contributed by atoms with Crippen molar-refractivity contribution in [3.05, 3.63) is 12.7 Å². The molecule has 9 heteroatoms. The van der Waals surface area contributed by atoms with Gasteiger partial charge in [0.1, 0.15) is 0 Å². The van der Waals surface area contributed by atoms with Gasteiger partial charge in [0, 0.05) is 23.6 Å². The molecule has 0 aromatic carbocycles. The van der Waals surface area contributed by atoms with Gasteiger partial charge in [0.25, 0.3) is 10.1 Å². The van der Waals surface area contributed by atoms with Crippen molar-refractivity contribution in [3.8, 4) is 0 Å². The average Bonchev–Trinajstić information content (AvgIpc) is 3.21. The summed E-state index contributed by atoms with van der Waals surface area (Å²) in [5, 5.41) is -0.0206. The van der Waals surface area contributed by atoms with E-state index in [-0.39, 0.29) is 42.0 Å². The molecule has 5 atom stereocenters. The monoisotopic (exact) mass is 515 g/mol. The van der Waals surface area contributed by atoms with Crippen LogP contribution in [0.15, 0.2) is 17.6 Å². The summed E-state index contributed by atoms with van der Waals surface area (Å²) in [5.41, 5.74) is 0.124. The summed E-state index contributed by atoms with van der Waals surface area (Å²) in [4.78, 5) is 17.8. The van der Waals surface area contributed by atoms with Crippen molar-refractivity contribution in [2.45, 2.75) is 97.1 Å². The topological polar surface area (TPSA) is 91.3 Å². The molecule has 34 heavy (non-hydrogen) atoms. The SMILES string of the molecule is C=CCC1(C2=NCCC2)C(OS(C)(=O)=O)CC(C)C(O[Si](C)(C)C(C)(C)C)C1CC(=O)OCC. The molecule has 1 aliphatic carbocycles. The average molecular weight is 516 g/mol. The van der Waals surface area contributed by atoms with Crippen LogP contribution < -0.4 is 0 Å². The van der Waals surface area contributed by atoms with Crippen LogP contribution in [0.3, 0.4) is 0 Å². The number of carbonyl (C=O) groups is 1. The van der Waals surface area contributed by atoms with E-state index >= 15 is 0 Å². The molecule has 0 saturated heterocycles. The smallest absolute Gasteiger partial charge is 0.306 e. The van der Waals surface area contributed by atoms with Gasteiger partial charge in [-0.25, -0.2) is 0 Å². The fourth-order valence-corrected chi connectivity index (χ4v) is 7.42. The predicted molar refractivity (Wildman–Crippen MR) is 139 cm³/mol. The van der Waals surface area contributed by atoms with Crippen LogP contribution in [0.5, 0.6) is 0 Å². The highest BCUT2D eigenvalue weighted by Crippen LogP contribution is 2.54. The molecule has 0 aromatic heterocycles. The largest absolute Gasteiger partial charge is 0.466 e. The zero-order valence-corrected chi connectivity index (χ0v) is 24.2. The van der Waals surface area contributed by atoms with Gasteiger partial charge in [0.2, 0.25) is 0 Å². The zero-order valence-electron chi connectivity index (χ0n) is 22.3. The minimum Gasteiger partial charge on any atom is -0.466 e. The Balaban J connectivity index is 2.72. The molecule has 0 N–H and O–H groups in total. The second-order valence-corrected chi connectivity index (χ2v) is 17.8. The Kier molecular flexibility index (Phi) is 9.38. The van der Waals surface area contributed by atoms with E-state index in [1.165, 1.54) is 0 Å². The molecule has 1 aliphatic heterocycles. The van der Waals surface area contributed by atoms with Gasteiger partial charge in [-0.2, -0.15) is 8.42 Å². The number of rotatable bonds is 10. The number of allylic oxidation sites excluding steroid dienone is 1. The van der Waals surface area contributed by atoms with Crippen molar-refractivity contribution in [1.29, 1.82) is 0 Å². The second kappa shape index (κ2) is 10.9. The normalized spacial score (nSPS) is 30.6. The lowest BCUT2D eigenvalue weighted by Gasteiger charge is -2.56. The molecule has 0 radical (unpaired) electrons. The lowest BCUT2D eigenvalue weighted by Crippen LogP contribution is -2.62. The summed E-state index contributed by atoms with van der Waals surface area (Å²) in [6, 6.07) is 0. The van der Waals surface area contributed by atoms with E-state index < -0.39 is 30.0 Å². The van der Waals surface area contributed by atoms with E-state index in [9.17, 15) is 13.2 Å². The van der Waals surface area contributed by atoms with E-state index in [1.807, 2.05) is 0 Å². The summed E-state index contributed by atoms with van der Waals surface area (Å²) >= 11 is 0. The van der Waals surface area contributed by atoms with E-state index in [4.69, 9.17) is 18.3 Å². The molecular formula is C25H45NO6SSi. The molecular weight excluding hydrogens is 470 g/mol. The predicted octanol–water partition coefficient (Wildman–Crippen LogP) is 5.13. The number of aliphatic imine (C=N–C) groups is 1. The van der Waals surface area contributed by atoms with Crippen LogP contribution in [0.2, 0.25) is 18.1 Å². The van der Waals surface area contributed by atoms with Crippen LogP contribution in [-0.2, 0) is 28.3 Å². The number of ether oxygens (including phenoxy) is 1. The quantitative estimate of drug-likeness (QED) is 0.173. The molecule has 2 rings (SSSR count). The fourth-order valence-electron chi connectivity index (χ4n) is 5.32. The standard InChI is InChI=1S/C25H45NO6SSi/c1-10-14-25(20-13-12-15-26-20)19(17-22(27)30-11-2)23(32-34(8,9)24(4,5)6)18(3)16-21(25)31-33(7,28)29/h10,18-19,21,23H,1,11-17H2,2-9H3. The van der Waals surface area contributed by atoms with Gasteiger partial charge in [-0.05, 0) is 56.7 Å². The van der Waals surface area contributed by atoms with Gasteiger partial charge in [-0.15, -0.1) is 6.58 Å². The van der Waals surface area contributed by atoms with Crippen molar-refractivity contribution < 1.29 is 26.6 Å². The van der Waals surface area contributed by atoms with E-state index in [0.29, 0.717) is 19.4 Å². The Morgan fingerprint density at radius 3 is 2.44 bits per heavy atom. The second-order valence-electron chi connectivity index (χ2n) is 11.4. The lowest BCUT2D eigenvalue weighted by molar-refractivity contribution is -0.151. The molecule has 0 amide bonds. The molecule has 196 valence electrons. The highest BCUT2D eigenvalue weighted by Gasteiger charge is 2.59. The van der Waals surface area contributed by atoms with Crippen LogP contribution in [-0.4, -0.2) is 60.0 Å². The van der Waals surface area contributed by atoms with E-state index in [0.717, 1.165) is 24.8 Å². The number of hydrogen-bond donors (Lipinski definition) is 0. The molecule has 0 spiro atoms. The molecule has 1 fully saturated rings. The molecule has 5 unspecified atom stereocenters. The van der Waals surface area contributed by atoms with E-state index in [1.54, 1.807) is 13.0 Å². The number of nitrogens with zero attached hydrogens (tertiary/aromatic N) is 1. The number of esters is 1. The maximum absolute atomic E-state index is 12.9. The first-order chi connectivity index (χ1) is 15.6. The van der Waals surface area contributed by atoms with Crippen LogP contribution in [0.4, 0.5) is 0 Å². The first kappa shape index (κ1) is 29.2. The summed E-state index contributed by atoms with van der Waals surface area (Å²) in [7, 11) is -5.96. The summed E-state index contributed by atoms with van der Waals surface area (Å²) < 4.78 is 43.0. The van der Waals surface area contributed by atoms with Gasteiger partial charge in [-0.1, -0.05) is 33.8 Å². The Morgan fingerprint density at radius 1 is 1.32 bits per heavy atom. The third-order valence-electron chi connectivity index (χ3n) is 7.89. The van der Waals surface area contributed by atoms with Crippen LogP contribution in [0.1, 0.15) is 66.7 Å². The Bertz CT molecular complexity index is 878. The van der Waals surface area contributed by atoms with Gasteiger partial charge in [0.15, 0.2) is 8.32 Å². The van der Waals surface area contributed by atoms with Crippen LogP contribution in [0, 0.1) is 17.3 Å². The van der Waals surface area contributed by atoms with Crippen molar-refractivity contribution in [3.63, 3.8) is 0 Å². The van der Waals surface area contributed by atoms with Crippen molar-refractivity contribution in [1.82, 2.24) is 0 Å². The maximum Gasteiger partial charge on any atom is 0.306 e. The van der Waals surface area contributed by atoms with Crippen molar-refractivity contribution >= 4 is 30.1 Å². The fraction of sp³-hybridized carbons (Fsp3) is 0.840. The molecule has 1 heterocycles. The Hall–Kier alpha value is -1.03. The van der Waals surface area contributed by atoms with Gasteiger partial charge < -0.3 is 9.16 Å². The summed E-state index contributed by atoms with van der Waals surface area (Å²) in [6.07, 6.45) is 4.71. The first-order valence-electron chi connectivity index (χ1n) is 12.5. The van der Waals surface area contributed by atoms with Gasteiger partial charge in [0.05, 0.1) is 31.5 Å². The third kappa shape index (κ3) is 6.39. The zero-order chi connectivity index (χ0) is 25.9. The molecule has 7 nitrogen and oxygen atoms in total. The number of carbonyl (C=O) groups excluding carboxylic acids is 1. The van der Waals surface area contributed by atoms with Crippen LogP contribution >= 0.6 is 0 Å². The van der Waals surface area contributed by atoms with Crippen molar-refractivity contribution in [2.75, 3.05) is 19.4 Å². The summed E-state index contributed by atoms with van der Waals surface area (Å²) in [6.45, 7) is 19.8. The molecule has 0 aromatic rings. The first-order valence-corrected chi connectivity index (χ1v) is 17.2. The Labute approximate surface area is 208 Å². The van der Waals surface area contributed by atoms with Crippen molar-refractivity contribution in [2.24, 2.45) is 22.2 Å². The number of hydrogen-bond acceptors (Lipinski definition) is 7. The highest BCUT2D eigenvalue weighted by atomic mass is 32.2.